The first-order chi connectivity index (χ1) is 9.78. The highest BCUT2D eigenvalue weighted by Crippen LogP contribution is 2.24. The van der Waals surface area contributed by atoms with Gasteiger partial charge in [-0.05, 0) is 18.6 Å². The van der Waals surface area contributed by atoms with Crippen LogP contribution in [0.15, 0.2) is 36.9 Å². The molecule has 0 bridgehead atoms. The second-order valence-corrected chi connectivity index (χ2v) is 4.90. The van der Waals surface area contributed by atoms with E-state index in [1.807, 2.05) is 24.3 Å². The van der Waals surface area contributed by atoms with Crippen molar-refractivity contribution >= 4 is 22.7 Å². The first-order valence-corrected chi connectivity index (χ1v) is 6.77. The van der Waals surface area contributed by atoms with Crippen molar-refractivity contribution in [2.45, 2.75) is 12.5 Å². The topological polar surface area (TPSA) is 64.3 Å². The Morgan fingerprint density at radius 2 is 2.25 bits per heavy atom. The van der Waals surface area contributed by atoms with Crippen molar-refractivity contribution in [3.8, 4) is 0 Å². The van der Waals surface area contributed by atoms with Gasteiger partial charge in [-0.15, -0.1) is 6.58 Å². The summed E-state index contributed by atoms with van der Waals surface area (Å²) in [7, 11) is 0. The highest BCUT2D eigenvalue weighted by Gasteiger charge is 2.25. The molecule has 5 nitrogen and oxygen atoms in total. The van der Waals surface area contributed by atoms with Crippen molar-refractivity contribution < 1.29 is 4.74 Å². The third kappa shape index (κ3) is 2.44. The Morgan fingerprint density at radius 1 is 1.40 bits per heavy atom. The first kappa shape index (κ1) is 12.9. The van der Waals surface area contributed by atoms with E-state index in [1.54, 1.807) is 6.08 Å². The molecule has 1 fully saturated rings. The van der Waals surface area contributed by atoms with Gasteiger partial charge in [0.1, 0.15) is 5.82 Å². The molecule has 3 rings (SSSR count). The van der Waals surface area contributed by atoms with Gasteiger partial charge in [-0.3, -0.25) is 0 Å². The second-order valence-electron chi connectivity index (χ2n) is 4.90. The SMILES string of the molecule is C=CCOC1CCN(c2nc(N)c3ccccc3n2)C1. The number of hydrogen-bond acceptors (Lipinski definition) is 5. The molecule has 0 spiro atoms. The summed E-state index contributed by atoms with van der Waals surface area (Å²) in [5.41, 5.74) is 6.90. The van der Waals surface area contributed by atoms with Crippen LogP contribution in [-0.2, 0) is 4.74 Å². The van der Waals surface area contributed by atoms with Crippen molar-refractivity contribution in [1.29, 1.82) is 0 Å². The van der Waals surface area contributed by atoms with Crippen molar-refractivity contribution in [2.24, 2.45) is 0 Å². The molecule has 0 radical (unpaired) electrons. The van der Waals surface area contributed by atoms with Gasteiger partial charge in [-0.1, -0.05) is 18.2 Å². The third-order valence-electron chi connectivity index (χ3n) is 3.50. The van der Waals surface area contributed by atoms with E-state index in [9.17, 15) is 0 Å². The molecule has 2 heterocycles. The standard InChI is InChI=1S/C15H18N4O/c1-2-9-20-11-7-8-19(10-11)15-17-13-6-4-3-5-12(13)14(16)18-15/h2-6,11H,1,7-10H2,(H2,16,17,18). The van der Waals surface area contributed by atoms with E-state index in [0.717, 1.165) is 30.4 Å². The molecule has 1 atom stereocenters. The minimum absolute atomic E-state index is 0.212. The van der Waals surface area contributed by atoms with Gasteiger partial charge in [0.2, 0.25) is 5.95 Å². The first-order valence-electron chi connectivity index (χ1n) is 6.77. The lowest BCUT2D eigenvalue weighted by Gasteiger charge is -2.17. The molecule has 1 aliphatic heterocycles. The number of aromatic nitrogens is 2. The molecule has 0 saturated carbocycles. The Labute approximate surface area is 118 Å². The smallest absolute Gasteiger partial charge is 0.227 e. The highest BCUT2D eigenvalue weighted by atomic mass is 16.5. The van der Waals surface area contributed by atoms with Crippen LogP contribution in [0.25, 0.3) is 10.9 Å². The van der Waals surface area contributed by atoms with Gasteiger partial charge < -0.3 is 15.4 Å². The summed E-state index contributed by atoms with van der Waals surface area (Å²) in [6.45, 7) is 5.93. The molecule has 1 aromatic heterocycles. The summed E-state index contributed by atoms with van der Waals surface area (Å²) in [6, 6.07) is 7.79. The zero-order valence-electron chi connectivity index (χ0n) is 11.3. The van der Waals surface area contributed by atoms with Crippen LogP contribution in [0.5, 0.6) is 0 Å². The number of benzene rings is 1. The summed E-state index contributed by atoms with van der Waals surface area (Å²) in [6.07, 6.45) is 2.96. The van der Waals surface area contributed by atoms with Crippen LogP contribution in [0.4, 0.5) is 11.8 Å². The molecule has 2 N–H and O–H groups in total. The second kappa shape index (κ2) is 5.46. The number of para-hydroxylation sites is 1. The van der Waals surface area contributed by atoms with Crippen LogP contribution in [0, 0.1) is 0 Å². The maximum atomic E-state index is 6.02. The summed E-state index contributed by atoms with van der Waals surface area (Å²) in [4.78, 5) is 11.1. The van der Waals surface area contributed by atoms with Crippen LogP contribution in [0.1, 0.15) is 6.42 Å². The van der Waals surface area contributed by atoms with Crippen molar-refractivity contribution in [1.82, 2.24) is 9.97 Å². The van der Waals surface area contributed by atoms with Gasteiger partial charge in [0.25, 0.3) is 0 Å². The number of anilines is 2. The molecule has 1 aliphatic rings. The lowest BCUT2D eigenvalue weighted by atomic mass is 10.2. The van der Waals surface area contributed by atoms with Crippen LogP contribution < -0.4 is 10.6 Å². The molecule has 1 unspecified atom stereocenters. The molecule has 5 heteroatoms. The predicted molar refractivity (Wildman–Crippen MR) is 80.7 cm³/mol. The minimum atomic E-state index is 0.212. The lowest BCUT2D eigenvalue weighted by molar-refractivity contribution is 0.0908. The molecule has 104 valence electrons. The molecule has 1 saturated heterocycles. The number of rotatable bonds is 4. The molecule has 1 aromatic carbocycles. The third-order valence-corrected chi connectivity index (χ3v) is 3.50. The maximum Gasteiger partial charge on any atom is 0.227 e. The average molecular weight is 270 g/mol. The zero-order valence-corrected chi connectivity index (χ0v) is 11.3. The fraction of sp³-hybridized carbons (Fsp3) is 0.333. The maximum absolute atomic E-state index is 6.02. The molecular weight excluding hydrogens is 252 g/mol. The van der Waals surface area contributed by atoms with Crippen LogP contribution in [0.2, 0.25) is 0 Å². The number of fused-ring (bicyclic) bond motifs is 1. The van der Waals surface area contributed by atoms with Crippen LogP contribution in [0.3, 0.4) is 0 Å². The average Bonchev–Trinajstić information content (AvgIpc) is 2.94. The van der Waals surface area contributed by atoms with Crippen LogP contribution in [-0.4, -0.2) is 35.8 Å². The number of ether oxygens (including phenoxy) is 1. The van der Waals surface area contributed by atoms with E-state index < -0.39 is 0 Å². The number of nitrogens with zero attached hydrogens (tertiary/aromatic N) is 3. The van der Waals surface area contributed by atoms with Crippen molar-refractivity contribution in [2.75, 3.05) is 30.3 Å². The Hall–Kier alpha value is -2.14. The molecule has 2 aromatic rings. The highest BCUT2D eigenvalue weighted by molar-refractivity contribution is 5.88. The summed E-state index contributed by atoms with van der Waals surface area (Å²) >= 11 is 0. The van der Waals surface area contributed by atoms with E-state index >= 15 is 0 Å². The number of nitrogens with two attached hydrogens (primary N) is 1. The normalized spacial score (nSPS) is 18.6. The van der Waals surface area contributed by atoms with E-state index in [2.05, 4.69) is 21.4 Å². The van der Waals surface area contributed by atoms with E-state index in [-0.39, 0.29) is 6.10 Å². The Bertz CT molecular complexity index is 628. The van der Waals surface area contributed by atoms with Crippen LogP contribution >= 0.6 is 0 Å². The van der Waals surface area contributed by atoms with E-state index in [1.165, 1.54) is 0 Å². The fourth-order valence-electron chi connectivity index (χ4n) is 2.48. The van der Waals surface area contributed by atoms with Gasteiger partial charge in [0, 0.05) is 18.5 Å². The van der Waals surface area contributed by atoms with Gasteiger partial charge >= 0.3 is 0 Å². The number of nitrogen functional groups attached to an aromatic ring is 1. The monoisotopic (exact) mass is 270 g/mol. The summed E-state index contributed by atoms with van der Waals surface area (Å²) in [5, 5.41) is 0.898. The summed E-state index contributed by atoms with van der Waals surface area (Å²) in [5.74, 6) is 1.21. The van der Waals surface area contributed by atoms with Crippen molar-refractivity contribution in [3.05, 3.63) is 36.9 Å². The van der Waals surface area contributed by atoms with E-state index in [0.29, 0.717) is 18.4 Å². The Balaban J connectivity index is 1.83. The lowest BCUT2D eigenvalue weighted by Crippen LogP contribution is -2.25. The molecule has 0 aliphatic carbocycles. The Kier molecular flexibility index (Phi) is 3.52. The Morgan fingerprint density at radius 3 is 3.10 bits per heavy atom. The van der Waals surface area contributed by atoms with Gasteiger partial charge in [-0.25, -0.2) is 4.98 Å². The van der Waals surface area contributed by atoms with Gasteiger partial charge in [0.05, 0.1) is 18.2 Å². The predicted octanol–water partition coefficient (Wildman–Crippen LogP) is 1.99. The van der Waals surface area contributed by atoms with E-state index in [4.69, 9.17) is 10.5 Å². The summed E-state index contributed by atoms with van der Waals surface area (Å²) < 4.78 is 5.68. The van der Waals surface area contributed by atoms with Crippen molar-refractivity contribution in [3.63, 3.8) is 0 Å². The van der Waals surface area contributed by atoms with Gasteiger partial charge in [0.15, 0.2) is 0 Å². The largest absolute Gasteiger partial charge is 0.383 e. The molecule has 0 amide bonds. The van der Waals surface area contributed by atoms with Gasteiger partial charge in [-0.2, -0.15) is 4.98 Å². The minimum Gasteiger partial charge on any atom is -0.383 e. The quantitative estimate of drug-likeness (QED) is 0.861. The zero-order chi connectivity index (χ0) is 13.9. The number of hydrogen-bond donors (Lipinski definition) is 1. The fourth-order valence-corrected chi connectivity index (χ4v) is 2.48. The molecule has 20 heavy (non-hydrogen) atoms. The molecular formula is C15H18N4O.